The molecule has 0 aliphatic carbocycles. The second kappa shape index (κ2) is 8.57. The molecular formula is C13H17N5O3. The lowest BCUT2D eigenvalue weighted by molar-refractivity contribution is 0.0600. The van der Waals surface area contributed by atoms with E-state index in [1.165, 1.54) is 25.3 Å². The van der Waals surface area contributed by atoms with Crippen molar-refractivity contribution in [3.05, 3.63) is 39.8 Å². The van der Waals surface area contributed by atoms with Gasteiger partial charge in [0.05, 0.1) is 12.7 Å². The molecule has 1 amide bonds. The highest BCUT2D eigenvalue weighted by Crippen LogP contribution is 2.19. The number of amides is 1. The quantitative estimate of drug-likeness (QED) is 0.261. The third-order valence-corrected chi connectivity index (χ3v) is 2.68. The average Bonchev–Trinajstić information content (AvgIpc) is 2.50. The molecule has 0 atom stereocenters. The summed E-state index contributed by atoms with van der Waals surface area (Å²) >= 11 is 0. The highest BCUT2D eigenvalue weighted by Gasteiger charge is 2.12. The number of carbonyl (C=O) groups is 2. The number of nitrogens with one attached hydrogen (secondary N) is 1. The minimum absolute atomic E-state index is 0.148. The number of hydrogen-bond acceptors (Lipinski definition) is 5. The van der Waals surface area contributed by atoms with Crippen LogP contribution in [0.1, 0.15) is 33.6 Å². The molecule has 0 aliphatic heterocycles. The van der Waals surface area contributed by atoms with Gasteiger partial charge in [-0.05, 0) is 43.1 Å². The van der Waals surface area contributed by atoms with Crippen LogP contribution in [0, 0.1) is 0 Å². The standard InChI is InChI=1S/C13H17N5O3/c1-21-13(20)10-6-9(7-11(8-10)17-18-15)12(19)16-5-3-2-4-14/h6-8H,2-5,14H2,1H3,(H,16,19). The van der Waals surface area contributed by atoms with Crippen LogP contribution < -0.4 is 11.1 Å². The number of ether oxygens (including phenoxy) is 1. The summed E-state index contributed by atoms with van der Waals surface area (Å²) in [5.74, 6) is -0.964. The number of nitrogens with zero attached hydrogens (tertiary/aromatic N) is 3. The van der Waals surface area contributed by atoms with Gasteiger partial charge >= 0.3 is 5.97 Å². The summed E-state index contributed by atoms with van der Waals surface area (Å²) in [7, 11) is 1.23. The normalized spacial score (nSPS) is 9.62. The van der Waals surface area contributed by atoms with Crippen molar-refractivity contribution in [2.75, 3.05) is 20.2 Å². The van der Waals surface area contributed by atoms with Crippen LogP contribution in [-0.2, 0) is 4.74 Å². The van der Waals surface area contributed by atoms with Gasteiger partial charge in [-0.15, -0.1) is 0 Å². The molecule has 0 aliphatic rings. The van der Waals surface area contributed by atoms with E-state index >= 15 is 0 Å². The average molecular weight is 291 g/mol. The summed E-state index contributed by atoms with van der Waals surface area (Å²) < 4.78 is 4.60. The summed E-state index contributed by atoms with van der Waals surface area (Å²) in [6, 6.07) is 4.15. The fourth-order valence-electron chi connectivity index (χ4n) is 1.66. The Hall–Kier alpha value is -2.57. The summed E-state index contributed by atoms with van der Waals surface area (Å²) in [4.78, 5) is 26.2. The number of hydrogen-bond donors (Lipinski definition) is 2. The van der Waals surface area contributed by atoms with Crippen LogP contribution in [0.3, 0.4) is 0 Å². The Kier molecular flexibility index (Phi) is 6.73. The third kappa shape index (κ3) is 5.13. The first kappa shape index (κ1) is 16.5. The molecule has 0 heterocycles. The van der Waals surface area contributed by atoms with Gasteiger partial charge < -0.3 is 15.8 Å². The molecule has 3 N–H and O–H groups in total. The maximum atomic E-state index is 12.0. The Morgan fingerprint density at radius 3 is 2.67 bits per heavy atom. The molecule has 8 nitrogen and oxygen atoms in total. The van der Waals surface area contributed by atoms with Gasteiger partial charge in [-0.2, -0.15) is 0 Å². The molecule has 0 unspecified atom stereocenters. The largest absolute Gasteiger partial charge is 0.465 e. The number of rotatable bonds is 7. The first-order valence-corrected chi connectivity index (χ1v) is 6.39. The van der Waals surface area contributed by atoms with Crippen molar-refractivity contribution in [3.8, 4) is 0 Å². The third-order valence-electron chi connectivity index (χ3n) is 2.68. The predicted octanol–water partition coefficient (Wildman–Crippen LogP) is 1.88. The maximum Gasteiger partial charge on any atom is 0.337 e. The molecule has 0 saturated heterocycles. The van der Waals surface area contributed by atoms with E-state index in [1.807, 2.05) is 0 Å². The van der Waals surface area contributed by atoms with Crippen molar-refractivity contribution in [2.24, 2.45) is 10.8 Å². The van der Waals surface area contributed by atoms with Gasteiger partial charge in [0, 0.05) is 22.7 Å². The molecule has 1 aromatic rings. The van der Waals surface area contributed by atoms with Gasteiger partial charge in [0.15, 0.2) is 0 Å². The van der Waals surface area contributed by atoms with E-state index in [0.717, 1.165) is 12.8 Å². The summed E-state index contributed by atoms with van der Waals surface area (Å²) in [5.41, 5.74) is 14.4. The van der Waals surface area contributed by atoms with Crippen LogP contribution in [0.2, 0.25) is 0 Å². The van der Waals surface area contributed by atoms with Crippen LogP contribution in [0.25, 0.3) is 10.4 Å². The molecule has 0 aromatic heterocycles. The number of nitrogens with two attached hydrogens (primary N) is 1. The molecule has 0 spiro atoms. The van der Waals surface area contributed by atoms with E-state index in [2.05, 4.69) is 20.1 Å². The topological polar surface area (TPSA) is 130 Å². The molecule has 21 heavy (non-hydrogen) atoms. The lowest BCUT2D eigenvalue weighted by Crippen LogP contribution is -2.25. The second-order valence-corrected chi connectivity index (χ2v) is 4.20. The second-order valence-electron chi connectivity index (χ2n) is 4.20. The Balaban J connectivity index is 2.94. The molecule has 0 fully saturated rings. The Morgan fingerprint density at radius 2 is 2.05 bits per heavy atom. The zero-order valence-corrected chi connectivity index (χ0v) is 11.7. The zero-order valence-electron chi connectivity index (χ0n) is 11.7. The van der Waals surface area contributed by atoms with Gasteiger partial charge in [0.2, 0.25) is 0 Å². The summed E-state index contributed by atoms with van der Waals surface area (Å²) in [5, 5.41) is 6.12. The fourth-order valence-corrected chi connectivity index (χ4v) is 1.66. The molecule has 1 rings (SSSR count). The van der Waals surface area contributed by atoms with Crippen LogP contribution in [0.15, 0.2) is 23.3 Å². The van der Waals surface area contributed by atoms with Crippen molar-refractivity contribution in [1.29, 1.82) is 0 Å². The molecule has 0 bridgehead atoms. The number of esters is 1. The van der Waals surface area contributed by atoms with E-state index in [4.69, 9.17) is 11.3 Å². The van der Waals surface area contributed by atoms with Crippen molar-refractivity contribution in [2.45, 2.75) is 12.8 Å². The van der Waals surface area contributed by atoms with Crippen LogP contribution >= 0.6 is 0 Å². The highest BCUT2D eigenvalue weighted by atomic mass is 16.5. The first-order valence-electron chi connectivity index (χ1n) is 6.39. The van der Waals surface area contributed by atoms with Gasteiger partial charge in [-0.25, -0.2) is 4.79 Å². The van der Waals surface area contributed by atoms with Crippen LogP contribution in [0.4, 0.5) is 5.69 Å². The van der Waals surface area contributed by atoms with Crippen molar-refractivity contribution >= 4 is 17.6 Å². The van der Waals surface area contributed by atoms with E-state index < -0.39 is 5.97 Å². The molecule has 1 aromatic carbocycles. The van der Waals surface area contributed by atoms with Crippen LogP contribution in [-0.4, -0.2) is 32.1 Å². The number of benzene rings is 1. The Morgan fingerprint density at radius 1 is 1.33 bits per heavy atom. The van der Waals surface area contributed by atoms with E-state index in [1.54, 1.807) is 0 Å². The fraction of sp³-hybridized carbons (Fsp3) is 0.385. The minimum atomic E-state index is -0.609. The van der Waals surface area contributed by atoms with Crippen molar-refractivity contribution in [1.82, 2.24) is 5.32 Å². The zero-order chi connectivity index (χ0) is 15.7. The summed E-state index contributed by atoms with van der Waals surface area (Å²) in [6.45, 7) is 1.05. The predicted molar refractivity (Wildman–Crippen MR) is 77.2 cm³/mol. The van der Waals surface area contributed by atoms with Gasteiger partial charge in [-0.3, -0.25) is 4.79 Å². The number of carbonyl (C=O) groups excluding carboxylic acids is 2. The molecule has 0 radical (unpaired) electrons. The van der Waals surface area contributed by atoms with Crippen molar-refractivity contribution in [3.63, 3.8) is 0 Å². The van der Waals surface area contributed by atoms with Gasteiger partial charge in [0.1, 0.15) is 0 Å². The number of methoxy groups -OCH3 is 1. The Labute approximate surface area is 121 Å². The minimum Gasteiger partial charge on any atom is -0.465 e. The molecule has 0 saturated carbocycles. The van der Waals surface area contributed by atoms with E-state index in [0.29, 0.717) is 13.1 Å². The first-order chi connectivity index (χ1) is 10.1. The lowest BCUT2D eigenvalue weighted by Gasteiger charge is -2.07. The highest BCUT2D eigenvalue weighted by molar-refractivity contribution is 5.99. The van der Waals surface area contributed by atoms with Gasteiger partial charge in [0.25, 0.3) is 5.91 Å². The summed E-state index contributed by atoms with van der Waals surface area (Å²) in [6.07, 6.45) is 1.58. The van der Waals surface area contributed by atoms with E-state index in [-0.39, 0.29) is 22.7 Å². The number of azide groups is 1. The van der Waals surface area contributed by atoms with Crippen molar-refractivity contribution < 1.29 is 14.3 Å². The monoisotopic (exact) mass is 291 g/mol. The molecule has 112 valence electrons. The Bertz CT molecular complexity index is 567. The van der Waals surface area contributed by atoms with E-state index in [9.17, 15) is 9.59 Å². The SMILES string of the molecule is COC(=O)c1cc(N=[N+]=[N-])cc(C(=O)NCCCCN)c1. The maximum absolute atomic E-state index is 12.0. The lowest BCUT2D eigenvalue weighted by atomic mass is 10.1. The number of unbranched alkanes of at least 4 members (excludes halogenated alkanes) is 1. The smallest absolute Gasteiger partial charge is 0.337 e. The van der Waals surface area contributed by atoms with Gasteiger partial charge in [-0.1, -0.05) is 5.11 Å². The van der Waals surface area contributed by atoms with Crippen LogP contribution in [0.5, 0.6) is 0 Å². The molecule has 8 heteroatoms. The molecular weight excluding hydrogens is 274 g/mol.